The Morgan fingerprint density at radius 2 is 1.02 bits per heavy atom. The molecule has 0 aliphatic carbocycles. The van der Waals surface area contributed by atoms with Gasteiger partial charge in [0.2, 0.25) is 0 Å². The van der Waals surface area contributed by atoms with Crippen molar-refractivity contribution in [1.29, 1.82) is 5.26 Å². The van der Waals surface area contributed by atoms with E-state index in [0.29, 0.717) is 5.56 Å². The normalized spacial score (nSPS) is 12.9. The van der Waals surface area contributed by atoms with Gasteiger partial charge in [-0.1, -0.05) is 133 Å². The fourth-order valence-electron chi connectivity index (χ4n) is 7.11. The van der Waals surface area contributed by atoms with Crippen molar-refractivity contribution >= 4 is 45.9 Å². The number of fused-ring (bicyclic) bond motifs is 2. The van der Waals surface area contributed by atoms with E-state index in [4.69, 9.17) is 0 Å². The first kappa shape index (κ1) is 27.5. The van der Waals surface area contributed by atoms with E-state index >= 15 is 0 Å². The van der Waals surface area contributed by atoms with Crippen molar-refractivity contribution in [3.63, 3.8) is 0 Å². The Morgan fingerprint density at radius 3 is 1.65 bits per heavy atom. The standard InChI is InChI=1S/C42H29N3Si/c43-28-31-26-34(30-44-29-31)32-14-13-15-33(27-32)37-20-7-8-21-38(37)45-39-22-9-11-24-41(39)46(35-16-3-1-4-17-35,36-18-5-2-6-19-36)42-25-12-10-23-40(42)45/h1-27,29-30H. The van der Waals surface area contributed by atoms with Crippen molar-refractivity contribution in [3.8, 4) is 28.3 Å². The Kier molecular flexibility index (Phi) is 6.87. The van der Waals surface area contributed by atoms with Crippen LogP contribution in [0.3, 0.4) is 0 Å². The summed E-state index contributed by atoms with van der Waals surface area (Å²) in [4.78, 5) is 6.77. The second kappa shape index (κ2) is 11.5. The molecule has 2 heterocycles. The van der Waals surface area contributed by atoms with Crippen LogP contribution in [0.25, 0.3) is 22.3 Å². The lowest BCUT2D eigenvalue weighted by molar-refractivity contribution is 1.29. The van der Waals surface area contributed by atoms with Crippen LogP contribution < -0.4 is 25.6 Å². The molecule has 0 bridgehead atoms. The first-order valence-corrected chi connectivity index (χ1v) is 17.4. The van der Waals surface area contributed by atoms with Crippen molar-refractivity contribution in [2.24, 2.45) is 0 Å². The van der Waals surface area contributed by atoms with Gasteiger partial charge in [-0.2, -0.15) is 5.26 Å². The van der Waals surface area contributed by atoms with Gasteiger partial charge in [-0.05, 0) is 62.2 Å². The molecule has 0 saturated carbocycles. The Morgan fingerprint density at radius 1 is 0.478 bits per heavy atom. The molecule has 46 heavy (non-hydrogen) atoms. The number of para-hydroxylation sites is 3. The molecule has 0 fully saturated rings. The minimum atomic E-state index is -2.68. The van der Waals surface area contributed by atoms with Crippen molar-refractivity contribution in [1.82, 2.24) is 4.98 Å². The summed E-state index contributed by atoms with van der Waals surface area (Å²) in [7, 11) is -2.68. The second-order valence-corrected chi connectivity index (χ2v) is 15.3. The summed E-state index contributed by atoms with van der Waals surface area (Å²) in [5.41, 5.74) is 8.26. The smallest absolute Gasteiger partial charge is 0.184 e. The van der Waals surface area contributed by atoms with E-state index in [9.17, 15) is 5.26 Å². The molecule has 0 saturated heterocycles. The van der Waals surface area contributed by atoms with E-state index in [2.05, 4.69) is 174 Å². The van der Waals surface area contributed by atoms with E-state index < -0.39 is 8.07 Å². The summed E-state index contributed by atoms with van der Waals surface area (Å²) < 4.78 is 0. The molecule has 0 unspecified atom stereocenters. The van der Waals surface area contributed by atoms with Crippen LogP contribution in [0, 0.1) is 11.3 Å². The van der Waals surface area contributed by atoms with Crippen molar-refractivity contribution < 1.29 is 0 Å². The van der Waals surface area contributed by atoms with Crippen molar-refractivity contribution in [2.45, 2.75) is 0 Å². The van der Waals surface area contributed by atoms with Crippen LogP contribution in [0.15, 0.2) is 176 Å². The average molecular weight is 604 g/mol. The first-order chi connectivity index (χ1) is 22.8. The van der Waals surface area contributed by atoms with E-state index in [-0.39, 0.29) is 0 Å². The molecule has 0 radical (unpaired) electrons. The third kappa shape index (κ3) is 4.37. The van der Waals surface area contributed by atoms with E-state index in [1.165, 1.54) is 32.1 Å². The quantitative estimate of drug-likeness (QED) is 0.192. The van der Waals surface area contributed by atoms with Gasteiger partial charge in [-0.3, -0.25) is 4.98 Å². The Hall–Kier alpha value is -6.02. The summed E-state index contributed by atoms with van der Waals surface area (Å²) in [5, 5.41) is 15.0. The molecule has 0 spiro atoms. The van der Waals surface area contributed by atoms with E-state index in [0.717, 1.165) is 27.9 Å². The number of aromatic nitrogens is 1. The number of hydrogen-bond donors (Lipinski definition) is 0. The van der Waals surface area contributed by atoms with E-state index in [1.54, 1.807) is 6.20 Å². The van der Waals surface area contributed by atoms with Crippen LogP contribution in [0.5, 0.6) is 0 Å². The lowest BCUT2D eigenvalue weighted by Gasteiger charge is -2.45. The highest BCUT2D eigenvalue weighted by molar-refractivity contribution is 7.21. The van der Waals surface area contributed by atoms with Gasteiger partial charge in [-0.25, -0.2) is 0 Å². The minimum absolute atomic E-state index is 0.550. The van der Waals surface area contributed by atoms with Crippen LogP contribution in [0.1, 0.15) is 5.56 Å². The lowest BCUT2D eigenvalue weighted by Crippen LogP contribution is -2.77. The molecule has 1 aliphatic heterocycles. The number of hydrogen-bond acceptors (Lipinski definition) is 3. The molecule has 0 amide bonds. The maximum absolute atomic E-state index is 9.47. The van der Waals surface area contributed by atoms with Crippen LogP contribution >= 0.6 is 0 Å². The number of nitriles is 1. The van der Waals surface area contributed by atoms with Crippen LogP contribution in [0.2, 0.25) is 0 Å². The molecule has 1 aliphatic rings. The highest BCUT2D eigenvalue weighted by Crippen LogP contribution is 2.43. The molecule has 3 nitrogen and oxygen atoms in total. The molecule has 6 aromatic carbocycles. The monoisotopic (exact) mass is 603 g/mol. The molecule has 0 atom stereocenters. The van der Waals surface area contributed by atoms with Gasteiger partial charge >= 0.3 is 0 Å². The molecule has 4 heteroatoms. The van der Waals surface area contributed by atoms with Crippen LogP contribution in [-0.2, 0) is 0 Å². The third-order valence-corrected chi connectivity index (χ3v) is 13.9. The number of nitrogens with zero attached hydrogens (tertiary/aromatic N) is 3. The summed E-state index contributed by atoms with van der Waals surface area (Å²) in [6, 6.07) is 61.5. The van der Waals surface area contributed by atoms with Gasteiger partial charge in [-0.15, -0.1) is 0 Å². The largest absolute Gasteiger partial charge is 0.310 e. The molecule has 8 rings (SSSR count). The number of benzene rings is 6. The molecule has 1 aromatic heterocycles. The highest BCUT2D eigenvalue weighted by atomic mass is 28.3. The minimum Gasteiger partial charge on any atom is -0.310 e. The predicted octanol–water partition coefficient (Wildman–Crippen LogP) is 7.45. The molecule has 216 valence electrons. The van der Waals surface area contributed by atoms with Gasteiger partial charge in [0, 0.05) is 34.9 Å². The molecule has 0 N–H and O–H groups in total. The van der Waals surface area contributed by atoms with Crippen LogP contribution in [0.4, 0.5) is 17.1 Å². The Bertz CT molecular complexity index is 2150. The number of anilines is 3. The van der Waals surface area contributed by atoms with Gasteiger partial charge in [0.25, 0.3) is 0 Å². The van der Waals surface area contributed by atoms with Gasteiger partial charge in [0.1, 0.15) is 6.07 Å². The molecule has 7 aromatic rings. The SMILES string of the molecule is N#Cc1cncc(-c2cccc(-c3ccccc3N3c4ccccc4[Si](c4ccccc4)(c4ccccc4)c4ccccc43)c2)c1. The zero-order chi connectivity index (χ0) is 30.9. The zero-order valence-corrected chi connectivity index (χ0v) is 26.1. The maximum atomic E-state index is 9.47. The summed E-state index contributed by atoms with van der Waals surface area (Å²) >= 11 is 0. The number of rotatable bonds is 5. The van der Waals surface area contributed by atoms with Gasteiger partial charge in [0.05, 0.1) is 11.3 Å². The Labute approximate surface area is 270 Å². The Balaban J connectivity index is 1.38. The average Bonchev–Trinajstić information content (AvgIpc) is 3.14. The molecular weight excluding hydrogens is 575 g/mol. The fourth-order valence-corrected chi connectivity index (χ4v) is 12.2. The maximum Gasteiger partial charge on any atom is 0.184 e. The summed E-state index contributed by atoms with van der Waals surface area (Å²) in [6.07, 6.45) is 3.42. The lowest BCUT2D eigenvalue weighted by atomic mass is 9.97. The summed E-state index contributed by atoms with van der Waals surface area (Å²) in [6.45, 7) is 0. The number of pyridine rings is 1. The zero-order valence-electron chi connectivity index (χ0n) is 25.1. The van der Waals surface area contributed by atoms with Crippen molar-refractivity contribution in [2.75, 3.05) is 4.90 Å². The fraction of sp³-hybridized carbons (Fsp3) is 0. The second-order valence-electron chi connectivity index (χ2n) is 11.5. The van der Waals surface area contributed by atoms with Gasteiger partial charge in [0.15, 0.2) is 8.07 Å². The third-order valence-electron chi connectivity index (χ3n) is 9.03. The summed E-state index contributed by atoms with van der Waals surface area (Å²) in [5.74, 6) is 0. The van der Waals surface area contributed by atoms with Crippen molar-refractivity contribution in [3.05, 3.63) is 182 Å². The molecular formula is C42H29N3Si. The van der Waals surface area contributed by atoms with E-state index in [1.807, 2.05) is 12.3 Å². The first-order valence-electron chi connectivity index (χ1n) is 15.4. The highest BCUT2D eigenvalue weighted by Gasteiger charge is 2.48. The predicted molar refractivity (Wildman–Crippen MR) is 192 cm³/mol. The van der Waals surface area contributed by atoms with Gasteiger partial charge < -0.3 is 4.90 Å². The van der Waals surface area contributed by atoms with Crippen LogP contribution in [-0.4, -0.2) is 13.1 Å². The topological polar surface area (TPSA) is 39.9 Å².